The fourth-order valence-corrected chi connectivity index (χ4v) is 3.46. The second-order valence-electron chi connectivity index (χ2n) is 5.74. The predicted molar refractivity (Wildman–Crippen MR) is 88.7 cm³/mol. The summed E-state index contributed by atoms with van der Waals surface area (Å²) in [7, 11) is -3.14. The smallest absolute Gasteiger partial charge is 0.223 e. The molecular weight excluding hydrogens is 316 g/mol. The largest absolute Gasteiger partial charge is 0.494 e. The summed E-state index contributed by atoms with van der Waals surface area (Å²) in [5, 5.41) is 2.91. The molecule has 1 aliphatic heterocycles. The van der Waals surface area contributed by atoms with Gasteiger partial charge in [-0.15, -0.1) is 0 Å². The highest BCUT2D eigenvalue weighted by Crippen LogP contribution is 2.19. The molecule has 0 unspecified atom stereocenters. The molecule has 0 bridgehead atoms. The van der Waals surface area contributed by atoms with Crippen molar-refractivity contribution in [2.75, 3.05) is 32.5 Å². The minimum absolute atomic E-state index is 0.0119. The number of ether oxygens (including phenoxy) is 1. The molecule has 1 aliphatic rings. The van der Waals surface area contributed by atoms with Gasteiger partial charge in [0.1, 0.15) is 5.75 Å². The molecule has 6 nitrogen and oxygen atoms in total. The van der Waals surface area contributed by atoms with Crippen molar-refractivity contribution in [3.05, 3.63) is 30.3 Å². The van der Waals surface area contributed by atoms with Gasteiger partial charge in [-0.3, -0.25) is 4.79 Å². The number of piperidine rings is 1. The predicted octanol–water partition coefficient (Wildman–Crippen LogP) is 1.24. The zero-order chi connectivity index (χ0) is 16.7. The Labute approximate surface area is 137 Å². The molecule has 0 radical (unpaired) electrons. The highest BCUT2D eigenvalue weighted by molar-refractivity contribution is 7.88. The van der Waals surface area contributed by atoms with E-state index < -0.39 is 10.0 Å². The molecule has 1 aromatic rings. The molecular formula is C16H24N2O4S. The van der Waals surface area contributed by atoms with Gasteiger partial charge in [0.25, 0.3) is 0 Å². The Morgan fingerprint density at radius 1 is 1.26 bits per heavy atom. The van der Waals surface area contributed by atoms with E-state index in [1.807, 2.05) is 30.3 Å². The highest BCUT2D eigenvalue weighted by Gasteiger charge is 2.28. The highest BCUT2D eigenvalue weighted by atomic mass is 32.2. The first-order valence-corrected chi connectivity index (χ1v) is 9.72. The first-order chi connectivity index (χ1) is 11.0. The van der Waals surface area contributed by atoms with Crippen molar-refractivity contribution < 1.29 is 17.9 Å². The van der Waals surface area contributed by atoms with Gasteiger partial charge in [0, 0.05) is 25.6 Å². The summed E-state index contributed by atoms with van der Waals surface area (Å²) in [6.45, 7) is 1.97. The normalized spacial score (nSPS) is 16.9. The van der Waals surface area contributed by atoms with E-state index in [0.29, 0.717) is 39.1 Å². The van der Waals surface area contributed by atoms with Crippen LogP contribution in [0.25, 0.3) is 0 Å². The van der Waals surface area contributed by atoms with Crippen molar-refractivity contribution in [3.8, 4) is 5.75 Å². The Morgan fingerprint density at radius 3 is 2.52 bits per heavy atom. The quantitative estimate of drug-likeness (QED) is 0.758. The number of carbonyl (C=O) groups excluding carboxylic acids is 1. The van der Waals surface area contributed by atoms with Gasteiger partial charge in [0.2, 0.25) is 15.9 Å². The van der Waals surface area contributed by atoms with Crippen molar-refractivity contribution in [2.45, 2.75) is 19.3 Å². The fraction of sp³-hybridized carbons (Fsp3) is 0.562. The molecule has 1 saturated heterocycles. The van der Waals surface area contributed by atoms with Gasteiger partial charge in [-0.1, -0.05) is 18.2 Å². The van der Waals surface area contributed by atoms with Crippen molar-refractivity contribution in [3.63, 3.8) is 0 Å². The van der Waals surface area contributed by atoms with E-state index >= 15 is 0 Å². The Balaban J connectivity index is 1.60. The van der Waals surface area contributed by atoms with Crippen molar-refractivity contribution in [2.24, 2.45) is 5.92 Å². The lowest BCUT2D eigenvalue weighted by molar-refractivity contribution is -0.126. The third kappa shape index (κ3) is 5.84. The van der Waals surface area contributed by atoms with Gasteiger partial charge in [-0.2, -0.15) is 0 Å². The maximum absolute atomic E-state index is 12.1. The standard InChI is InChI=1S/C16H24N2O4S/c1-23(20,21)18-11-8-14(9-12-18)16(19)17-10-5-13-22-15-6-3-2-4-7-15/h2-4,6-7,14H,5,8-13H2,1H3,(H,17,19). The first-order valence-electron chi connectivity index (χ1n) is 7.87. The van der Waals surface area contributed by atoms with Crippen molar-refractivity contribution >= 4 is 15.9 Å². The van der Waals surface area contributed by atoms with E-state index in [-0.39, 0.29) is 11.8 Å². The lowest BCUT2D eigenvalue weighted by Gasteiger charge is -2.29. The minimum Gasteiger partial charge on any atom is -0.494 e. The van der Waals surface area contributed by atoms with Gasteiger partial charge in [-0.25, -0.2) is 12.7 Å². The van der Waals surface area contributed by atoms with Crippen molar-refractivity contribution in [1.82, 2.24) is 9.62 Å². The topological polar surface area (TPSA) is 75.7 Å². The maximum Gasteiger partial charge on any atom is 0.223 e. The van der Waals surface area contributed by atoms with Gasteiger partial charge in [-0.05, 0) is 31.4 Å². The molecule has 1 N–H and O–H groups in total. The summed E-state index contributed by atoms with van der Waals surface area (Å²) in [5.41, 5.74) is 0. The summed E-state index contributed by atoms with van der Waals surface area (Å²) in [6, 6.07) is 9.56. The molecule has 0 spiro atoms. The molecule has 128 valence electrons. The van der Waals surface area contributed by atoms with Crippen LogP contribution in [0.15, 0.2) is 30.3 Å². The number of amides is 1. The van der Waals surface area contributed by atoms with Crippen LogP contribution in [0.3, 0.4) is 0 Å². The van der Waals surface area contributed by atoms with Crippen LogP contribution in [0.1, 0.15) is 19.3 Å². The second-order valence-corrected chi connectivity index (χ2v) is 7.72. The van der Waals surface area contributed by atoms with E-state index in [1.165, 1.54) is 10.6 Å². The lowest BCUT2D eigenvalue weighted by atomic mass is 9.97. The average molecular weight is 340 g/mol. The molecule has 7 heteroatoms. The average Bonchev–Trinajstić information content (AvgIpc) is 2.54. The van der Waals surface area contributed by atoms with E-state index in [1.54, 1.807) is 0 Å². The number of hydrogen-bond acceptors (Lipinski definition) is 4. The molecule has 1 amide bonds. The Kier molecular flexibility index (Phi) is 6.41. The number of para-hydroxylation sites is 1. The maximum atomic E-state index is 12.1. The van der Waals surface area contributed by atoms with E-state index in [2.05, 4.69) is 5.32 Å². The summed E-state index contributed by atoms with van der Waals surface area (Å²) < 4.78 is 29.9. The molecule has 0 atom stereocenters. The SMILES string of the molecule is CS(=O)(=O)N1CCC(C(=O)NCCCOc2ccccc2)CC1. The number of sulfonamides is 1. The monoisotopic (exact) mass is 340 g/mol. The van der Waals surface area contributed by atoms with Gasteiger partial charge < -0.3 is 10.1 Å². The molecule has 1 fully saturated rings. The van der Waals surface area contributed by atoms with Crippen LogP contribution in [0.2, 0.25) is 0 Å². The second kappa shape index (κ2) is 8.31. The number of nitrogens with zero attached hydrogens (tertiary/aromatic N) is 1. The fourth-order valence-electron chi connectivity index (χ4n) is 2.58. The summed E-state index contributed by atoms with van der Waals surface area (Å²) >= 11 is 0. The minimum atomic E-state index is -3.14. The Morgan fingerprint density at radius 2 is 1.91 bits per heavy atom. The van der Waals surface area contributed by atoms with E-state index in [0.717, 1.165) is 12.2 Å². The lowest BCUT2D eigenvalue weighted by Crippen LogP contribution is -2.42. The summed E-state index contributed by atoms with van der Waals surface area (Å²) in [6.07, 6.45) is 3.11. The number of nitrogens with one attached hydrogen (secondary N) is 1. The van der Waals surface area contributed by atoms with Crippen LogP contribution >= 0.6 is 0 Å². The van der Waals surface area contributed by atoms with Crippen LogP contribution in [-0.2, 0) is 14.8 Å². The third-order valence-corrected chi connectivity index (χ3v) is 5.23. The van der Waals surface area contributed by atoms with E-state index in [9.17, 15) is 13.2 Å². The first kappa shape index (κ1) is 17.7. The number of carbonyl (C=O) groups is 1. The molecule has 0 saturated carbocycles. The zero-order valence-corrected chi connectivity index (χ0v) is 14.2. The molecule has 1 aromatic carbocycles. The Hall–Kier alpha value is -1.60. The molecule has 0 aliphatic carbocycles. The van der Waals surface area contributed by atoms with Crippen LogP contribution in [-0.4, -0.2) is 51.1 Å². The van der Waals surface area contributed by atoms with Crippen molar-refractivity contribution in [1.29, 1.82) is 0 Å². The van der Waals surface area contributed by atoms with Gasteiger partial charge >= 0.3 is 0 Å². The number of benzene rings is 1. The number of hydrogen-bond donors (Lipinski definition) is 1. The summed E-state index contributed by atoms with van der Waals surface area (Å²) in [5.74, 6) is 0.743. The van der Waals surface area contributed by atoms with Crippen LogP contribution in [0.5, 0.6) is 5.75 Å². The van der Waals surface area contributed by atoms with E-state index in [4.69, 9.17) is 4.74 Å². The van der Waals surface area contributed by atoms with Crippen LogP contribution in [0.4, 0.5) is 0 Å². The van der Waals surface area contributed by atoms with Gasteiger partial charge in [0.15, 0.2) is 0 Å². The summed E-state index contributed by atoms with van der Waals surface area (Å²) in [4.78, 5) is 12.1. The molecule has 23 heavy (non-hydrogen) atoms. The molecule has 1 heterocycles. The molecule has 0 aromatic heterocycles. The molecule has 2 rings (SSSR count). The zero-order valence-electron chi connectivity index (χ0n) is 13.4. The number of rotatable bonds is 7. The van der Waals surface area contributed by atoms with Crippen LogP contribution in [0, 0.1) is 5.92 Å². The van der Waals surface area contributed by atoms with Crippen LogP contribution < -0.4 is 10.1 Å². The third-order valence-electron chi connectivity index (χ3n) is 3.93. The Bertz CT molecular complexity index is 596. The van der Waals surface area contributed by atoms with Gasteiger partial charge in [0.05, 0.1) is 12.9 Å².